The lowest BCUT2D eigenvalue weighted by Crippen LogP contribution is -2.28. The van der Waals surface area contributed by atoms with Crippen molar-refractivity contribution in [2.45, 2.75) is 39.7 Å². The van der Waals surface area contributed by atoms with Crippen LogP contribution in [-0.4, -0.2) is 17.4 Å². The minimum atomic E-state index is 0.195. The largest absolute Gasteiger partial charge is 0.336 e. The van der Waals surface area contributed by atoms with E-state index in [0.717, 1.165) is 19.4 Å². The molecule has 16 heavy (non-hydrogen) atoms. The third-order valence-corrected chi connectivity index (χ3v) is 3.57. The van der Waals surface area contributed by atoms with E-state index in [1.54, 1.807) is 6.92 Å². The molecule has 0 N–H and O–H groups in total. The number of hydrogen-bond acceptors (Lipinski definition) is 1. The van der Waals surface area contributed by atoms with E-state index in [1.807, 2.05) is 4.90 Å². The SMILES string of the molecule is CC(=O)N1CCCC1c1ccc(C)c(C)c1. The van der Waals surface area contributed by atoms with Gasteiger partial charge in [-0.2, -0.15) is 0 Å². The average molecular weight is 217 g/mol. The third-order valence-electron chi connectivity index (χ3n) is 3.57. The van der Waals surface area contributed by atoms with Gasteiger partial charge < -0.3 is 4.90 Å². The van der Waals surface area contributed by atoms with E-state index in [1.165, 1.54) is 16.7 Å². The zero-order chi connectivity index (χ0) is 11.7. The van der Waals surface area contributed by atoms with Gasteiger partial charge in [0.25, 0.3) is 0 Å². The van der Waals surface area contributed by atoms with Crippen molar-refractivity contribution < 1.29 is 4.79 Å². The number of likely N-dealkylation sites (tertiary alicyclic amines) is 1. The highest BCUT2D eigenvalue weighted by Gasteiger charge is 2.27. The summed E-state index contributed by atoms with van der Waals surface area (Å²) >= 11 is 0. The number of carbonyl (C=O) groups excluding carboxylic acids is 1. The predicted molar refractivity (Wildman–Crippen MR) is 65.3 cm³/mol. The van der Waals surface area contributed by atoms with Gasteiger partial charge >= 0.3 is 0 Å². The van der Waals surface area contributed by atoms with Crippen molar-refractivity contribution in [3.8, 4) is 0 Å². The highest BCUT2D eigenvalue weighted by molar-refractivity contribution is 5.74. The maximum atomic E-state index is 11.5. The molecule has 0 saturated carbocycles. The molecule has 86 valence electrons. The predicted octanol–water partition coefficient (Wildman–Crippen LogP) is 2.99. The van der Waals surface area contributed by atoms with Gasteiger partial charge in [-0.05, 0) is 43.4 Å². The Bertz CT molecular complexity index is 411. The molecular formula is C14H19NO. The highest BCUT2D eigenvalue weighted by atomic mass is 16.2. The molecule has 0 aliphatic carbocycles. The first-order valence-electron chi connectivity index (χ1n) is 5.94. The molecular weight excluding hydrogens is 198 g/mol. The van der Waals surface area contributed by atoms with Gasteiger partial charge in [-0.3, -0.25) is 4.79 Å². The maximum absolute atomic E-state index is 11.5. The number of rotatable bonds is 1. The molecule has 0 spiro atoms. The molecule has 2 heteroatoms. The van der Waals surface area contributed by atoms with Crippen LogP contribution in [0.2, 0.25) is 0 Å². The van der Waals surface area contributed by atoms with E-state index >= 15 is 0 Å². The summed E-state index contributed by atoms with van der Waals surface area (Å²) in [6, 6.07) is 6.84. The molecule has 1 atom stereocenters. The van der Waals surface area contributed by atoms with Crippen LogP contribution >= 0.6 is 0 Å². The van der Waals surface area contributed by atoms with Crippen LogP contribution in [0.5, 0.6) is 0 Å². The molecule has 0 radical (unpaired) electrons. The third kappa shape index (κ3) is 1.97. The molecule has 1 saturated heterocycles. The van der Waals surface area contributed by atoms with Gasteiger partial charge in [-0.1, -0.05) is 18.2 Å². The van der Waals surface area contributed by atoms with Gasteiger partial charge in [-0.25, -0.2) is 0 Å². The molecule has 1 amide bonds. The monoisotopic (exact) mass is 217 g/mol. The summed E-state index contributed by atoms with van der Waals surface area (Å²) in [5.74, 6) is 0.195. The van der Waals surface area contributed by atoms with E-state index in [-0.39, 0.29) is 5.91 Å². The first-order chi connectivity index (χ1) is 7.59. The summed E-state index contributed by atoms with van der Waals surface area (Å²) in [6.45, 7) is 6.83. The van der Waals surface area contributed by atoms with Crippen LogP contribution in [0.15, 0.2) is 18.2 Å². The summed E-state index contributed by atoms with van der Waals surface area (Å²) < 4.78 is 0. The second-order valence-corrected chi connectivity index (χ2v) is 4.71. The molecule has 1 aromatic carbocycles. The summed E-state index contributed by atoms with van der Waals surface area (Å²) in [5, 5.41) is 0. The standard InChI is InChI=1S/C14H19NO/c1-10-6-7-13(9-11(10)2)14-5-4-8-15(14)12(3)16/h6-7,9,14H,4-5,8H2,1-3H3. The van der Waals surface area contributed by atoms with Crippen molar-refractivity contribution in [1.82, 2.24) is 4.90 Å². The van der Waals surface area contributed by atoms with E-state index in [4.69, 9.17) is 0 Å². The summed E-state index contributed by atoms with van der Waals surface area (Å²) in [5.41, 5.74) is 3.92. The number of aryl methyl sites for hydroxylation is 2. The van der Waals surface area contributed by atoms with Gasteiger partial charge in [0.15, 0.2) is 0 Å². The fourth-order valence-electron chi connectivity index (χ4n) is 2.46. The van der Waals surface area contributed by atoms with Crippen molar-refractivity contribution in [3.05, 3.63) is 34.9 Å². The number of benzene rings is 1. The number of hydrogen-bond donors (Lipinski definition) is 0. The van der Waals surface area contributed by atoms with E-state index in [9.17, 15) is 4.79 Å². The quantitative estimate of drug-likeness (QED) is 0.708. The van der Waals surface area contributed by atoms with Crippen molar-refractivity contribution in [1.29, 1.82) is 0 Å². The van der Waals surface area contributed by atoms with Crippen LogP contribution in [0.1, 0.15) is 42.5 Å². The minimum Gasteiger partial charge on any atom is -0.336 e. The van der Waals surface area contributed by atoms with Crippen molar-refractivity contribution in [3.63, 3.8) is 0 Å². The van der Waals surface area contributed by atoms with Crippen LogP contribution in [0.4, 0.5) is 0 Å². The molecule has 1 unspecified atom stereocenters. The molecule has 0 bridgehead atoms. The topological polar surface area (TPSA) is 20.3 Å². The Hall–Kier alpha value is -1.31. The van der Waals surface area contributed by atoms with Crippen molar-refractivity contribution >= 4 is 5.91 Å². The number of nitrogens with zero attached hydrogens (tertiary/aromatic N) is 1. The Morgan fingerprint density at radius 2 is 2.06 bits per heavy atom. The molecule has 1 fully saturated rings. The van der Waals surface area contributed by atoms with Crippen molar-refractivity contribution in [2.75, 3.05) is 6.54 Å². The lowest BCUT2D eigenvalue weighted by molar-refractivity contribution is -0.129. The van der Waals surface area contributed by atoms with E-state index in [2.05, 4.69) is 32.0 Å². The lowest BCUT2D eigenvalue weighted by atomic mass is 9.99. The number of amides is 1. The van der Waals surface area contributed by atoms with Crippen LogP contribution in [-0.2, 0) is 4.79 Å². The lowest BCUT2D eigenvalue weighted by Gasteiger charge is -2.24. The maximum Gasteiger partial charge on any atom is 0.219 e. The van der Waals surface area contributed by atoms with Crippen LogP contribution in [0, 0.1) is 13.8 Å². The summed E-state index contributed by atoms with van der Waals surface area (Å²) in [7, 11) is 0. The summed E-state index contributed by atoms with van der Waals surface area (Å²) in [6.07, 6.45) is 2.22. The molecule has 1 heterocycles. The Balaban J connectivity index is 2.29. The zero-order valence-corrected chi connectivity index (χ0v) is 10.3. The highest BCUT2D eigenvalue weighted by Crippen LogP contribution is 2.32. The van der Waals surface area contributed by atoms with Gasteiger partial charge in [0, 0.05) is 13.5 Å². The molecule has 1 aliphatic heterocycles. The first kappa shape index (κ1) is 11.2. The molecule has 2 rings (SSSR count). The molecule has 0 aromatic heterocycles. The molecule has 1 aliphatic rings. The Labute approximate surface area is 97.3 Å². The summed E-state index contributed by atoms with van der Waals surface area (Å²) in [4.78, 5) is 13.5. The van der Waals surface area contributed by atoms with Gasteiger partial charge in [-0.15, -0.1) is 0 Å². The van der Waals surface area contributed by atoms with Gasteiger partial charge in [0.2, 0.25) is 5.91 Å². The van der Waals surface area contributed by atoms with Gasteiger partial charge in [0.05, 0.1) is 6.04 Å². The molecule has 1 aromatic rings. The van der Waals surface area contributed by atoms with Crippen LogP contribution in [0.3, 0.4) is 0 Å². The first-order valence-corrected chi connectivity index (χ1v) is 5.94. The number of carbonyl (C=O) groups is 1. The smallest absolute Gasteiger partial charge is 0.219 e. The van der Waals surface area contributed by atoms with E-state index < -0.39 is 0 Å². The Kier molecular flexibility index (Phi) is 2.99. The fraction of sp³-hybridized carbons (Fsp3) is 0.500. The normalized spacial score (nSPS) is 20.2. The van der Waals surface area contributed by atoms with Crippen molar-refractivity contribution in [2.24, 2.45) is 0 Å². The van der Waals surface area contributed by atoms with Crippen LogP contribution in [0.25, 0.3) is 0 Å². The zero-order valence-electron chi connectivity index (χ0n) is 10.3. The Morgan fingerprint density at radius 3 is 2.69 bits per heavy atom. The second kappa shape index (κ2) is 4.28. The Morgan fingerprint density at radius 1 is 1.31 bits per heavy atom. The minimum absolute atomic E-state index is 0.195. The van der Waals surface area contributed by atoms with Crippen LogP contribution < -0.4 is 0 Å². The average Bonchev–Trinajstić information content (AvgIpc) is 2.71. The molecule has 2 nitrogen and oxygen atoms in total. The fourth-order valence-corrected chi connectivity index (χ4v) is 2.46. The van der Waals surface area contributed by atoms with E-state index in [0.29, 0.717) is 6.04 Å². The van der Waals surface area contributed by atoms with Gasteiger partial charge in [0.1, 0.15) is 0 Å². The second-order valence-electron chi connectivity index (χ2n) is 4.71.